The third-order valence-electron chi connectivity index (χ3n) is 18.6. The summed E-state index contributed by atoms with van der Waals surface area (Å²) >= 11 is 0. The average molecular weight is 1280 g/mol. The largest absolute Gasteiger partial charge is 0.394 e. The Balaban J connectivity index is 1.37. The van der Waals surface area contributed by atoms with E-state index in [0.717, 1.165) is 64.2 Å². The molecule has 3 aliphatic rings. The first-order valence-corrected chi connectivity index (χ1v) is 36.4. The summed E-state index contributed by atoms with van der Waals surface area (Å²) in [6.07, 6.45) is 31.7. The summed E-state index contributed by atoms with van der Waals surface area (Å²) in [4.78, 5) is 13.4. The Morgan fingerprint density at radius 3 is 1.09 bits per heavy atom. The Bertz CT molecular complexity index is 1670. The number of amides is 1. The van der Waals surface area contributed by atoms with Crippen LogP contribution in [0.4, 0.5) is 0 Å². The van der Waals surface area contributed by atoms with Crippen LogP contribution in [0.1, 0.15) is 296 Å². The molecule has 0 bridgehead atoms. The first-order valence-electron chi connectivity index (χ1n) is 36.4. The number of aliphatic hydroxyl groups is 11. The van der Waals surface area contributed by atoms with E-state index in [0.29, 0.717) is 12.8 Å². The number of hydrogen-bond acceptors (Lipinski definition) is 18. The molecule has 0 aromatic rings. The summed E-state index contributed by atoms with van der Waals surface area (Å²) < 4.78 is 34.4. The van der Waals surface area contributed by atoms with Crippen molar-refractivity contribution in [1.29, 1.82) is 0 Å². The van der Waals surface area contributed by atoms with E-state index in [4.69, 9.17) is 28.4 Å². The Morgan fingerprint density at radius 1 is 0.393 bits per heavy atom. The molecular weight excluding hydrogens is 1140 g/mol. The van der Waals surface area contributed by atoms with E-state index in [1.165, 1.54) is 199 Å². The molecule has 0 aromatic carbocycles. The average Bonchev–Trinajstić information content (AvgIpc) is 2.35. The predicted octanol–water partition coefficient (Wildman–Crippen LogP) is 10.1. The standard InChI is InChI=1S/C70H133NO18/c1-3-5-7-9-11-13-15-17-19-20-21-22-23-24-25-26-27-28-29-30-31-32-33-34-35-37-39-41-43-45-47-54(75)53(71-58(76)48-46-44-42-40-38-36-18-16-14-12-10-8-6-4-2)52-84-68-64(82)61(79)66(56(50-73)86-68)89-70-65(83)62(80)67(57(51-74)87-70)88-69-63(81)60(78)59(77)55(49-72)85-69/h16,18,53-57,59-70,72-75,77-83H,3-15,17,19-52H2,1-2H3,(H,71,76)/b18-16-. The van der Waals surface area contributed by atoms with Gasteiger partial charge in [0.2, 0.25) is 5.91 Å². The van der Waals surface area contributed by atoms with Gasteiger partial charge in [-0.25, -0.2) is 0 Å². The first-order chi connectivity index (χ1) is 43.3. The van der Waals surface area contributed by atoms with E-state index < -0.39 is 124 Å². The zero-order valence-corrected chi connectivity index (χ0v) is 55.7. The van der Waals surface area contributed by atoms with Crippen LogP contribution in [-0.4, -0.2) is 193 Å². The Hall–Kier alpha value is -1.47. The van der Waals surface area contributed by atoms with Gasteiger partial charge in [-0.1, -0.05) is 264 Å². The quantitative estimate of drug-likeness (QED) is 0.0199. The maximum absolute atomic E-state index is 13.4. The number of rotatable bonds is 57. The third-order valence-corrected chi connectivity index (χ3v) is 18.6. The van der Waals surface area contributed by atoms with Gasteiger partial charge in [-0.3, -0.25) is 4.79 Å². The van der Waals surface area contributed by atoms with Gasteiger partial charge in [-0.05, 0) is 38.5 Å². The van der Waals surface area contributed by atoms with E-state index in [1.54, 1.807) is 0 Å². The minimum Gasteiger partial charge on any atom is -0.394 e. The molecule has 3 rings (SSSR count). The highest BCUT2D eigenvalue weighted by molar-refractivity contribution is 5.76. The molecule has 3 saturated heterocycles. The maximum atomic E-state index is 13.4. The molecule has 526 valence electrons. The van der Waals surface area contributed by atoms with Gasteiger partial charge in [0.05, 0.1) is 38.6 Å². The summed E-state index contributed by atoms with van der Waals surface area (Å²) in [6.45, 7) is 1.81. The van der Waals surface area contributed by atoms with Crippen molar-refractivity contribution in [2.75, 3.05) is 26.4 Å². The second-order valence-electron chi connectivity index (χ2n) is 26.4. The van der Waals surface area contributed by atoms with E-state index in [9.17, 15) is 61.0 Å². The fourth-order valence-corrected chi connectivity index (χ4v) is 12.7. The number of hydrogen-bond donors (Lipinski definition) is 12. The van der Waals surface area contributed by atoms with Crippen molar-refractivity contribution < 1.29 is 89.4 Å². The van der Waals surface area contributed by atoms with Crippen LogP contribution >= 0.6 is 0 Å². The van der Waals surface area contributed by atoms with Crippen LogP contribution in [0.15, 0.2) is 12.2 Å². The van der Waals surface area contributed by atoms with Crippen LogP contribution < -0.4 is 5.32 Å². The molecule has 0 aliphatic carbocycles. The monoisotopic (exact) mass is 1280 g/mol. The van der Waals surface area contributed by atoms with Gasteiger partial charge < -0.3 is 89.9 Å². The molecule has 17 unspecified atom stereocenters. The molecule has 3 fully saturated rings. The fourth-order valence-electron chi connectivity index (χ4n) is 12.7. The molecule has 0 spiro atoms. The van der Waals surface area contributed by atoms with Crippen molar-refractivity contribution in [2.45, 2.75) is 401 Å². The summed E-state index contributed by atoms with van der Waals surface area (Å²) in [5, 5.41) is 121. The number of carbonyl (C=O) groups is 1. The smallest absolute Gasteiger partial charge is 0.220 e. The zero-order chi connectivity index (χ0) is 64.7. The Morgan fingerprint density at radius 2 is 0.708 bits per heavy atom. The van der Waals surface area contributed by atoms with E-state index >= 15 is 0 Å². The molecule has 0 aromatic heterocycles. The van der Waals surface area contributed by atoms with Gasteiger partial charge in [0.25, 0.3) is 0 Å². The lowest BCUT2D eigenvalue weighted by molar-refractivity contribution is -0.379. The highest BCUT2D eigenvalue weighted by Crippen LogP contribution is 2.33. The molecular formula is C70H133NO18. The molecule has 0 saturated carbocycles. The van der Waals surface area contributed by atoms with Crippen LogP contribution in [0.5, 0.6) is 0 Å². The van der Waals surface area contributed by atoms with Crippen molar-refractivity contribution in [3.8, 4) is 0 Å². The van der Waals surface area contributed by atoms with Crippen LogP contribution in [0.2, 0.25) is 0 Å². The number of unbranched alkanes of at least 4 members (excludes halogenated alkanes) is 39. The maximum Gasteiger partial charge on any atom is 0.220 e. The van der Waals surface area contributed by atoms with E-state index in [2.05, 4.69) is 31.3 Å². The minimum atomic E-state index is -1.97. The van der Waals surface area contributed by atoms with Crippen LogP contribution in [0.25, 0.3) is 0 Å². The van der Waals surface area contributed by atoms with Gasteiger partial charge >= 0.3 is 0 Å². The Labute approximate surface area is 537 Å². The van der Waals surface area contributed by atoms with Crippen molar-refractivity contribution in [2.24, 2.45) is 0 Å². The van der Waals surface area contributed by atoms with Crippen LogP contribution in [-0.2, 0) is 33.2 Å². The molecule has 19 heteroatoms. The van der Waals surface area contributed by atoms with E-state index in [-0.39, 0.29) is 18.9 Å². The highest BCUT2D eigenvalue weighted by atomic mass is 16.8. The van der Waals surface area contributed by atoms with Crippen molar-refractivity contribution in [3.05, 3.63) is 12.2 Å². The molecule has 19 nitrogen and oxygen atoms in total. The summed E-state index contributed by atoms with van der Waals surface area (Å²) in [6, 6.07) is -0.889. The molecule has 17 atom stereocenters. The third kappa shape index (κ3) is 34.7. The molecule has 1 amide bonds. The van der Waals surface area contributed by atoms with Gasteiger partial charge in [0, 0.05) is 6.42 Å². The molecule has 3 aliphatic heterocycles. The lowest BCUT2D eigenvalue weighted by atomic mass is 9.96. The summed E-state index contributed by atoms with van der Waals surface area (Å²) in [5.74, 6) is -0.248. The number of aliphatic hydroxyl groups excluding tert-OH is 11. The van der Waals surface area contributed by atoms with Crippen LogP contribution in [0.3, 0.4) is 0 Å². The summed E-state index contributed by atoms with van der Waals surface area (Å²) in [7, 11) is 0. The second-order valence-corrected chi connectivity index (χ2v) is 26.4. The normalized spacial score (nSPS) is 28.2. The number of nitrogens with one attached hydrogen (secondary N) is 1. The lowest BCUT2D eigenvalue weighted by Gasteiger charge is -2.48. The first kappa shape index (κ1) is 81.8. The van der Waals surface area contributed by atoms with Crippen molar-refractivity contribution in [1.82, 2.24) is 5.32 Å². The van der Waals surface area contributed by atoms with Gasteiger partial charge in [0.1, 0.15) is 73.2 Å². The van der Waals surface area contributed by atoms with Crippen molar-refractivity contribution in [3.63, 3.8) is 0 Å². The molecule has 12 N–H and O–H groups in total. The van der Waals surface area contributed by atoms with Gasteiger partial charge in [-0.2, -0.15) is 0 Å². The van der Waals surface area contributed by atoms with Crippen LogP contribution in [0, 0.1) is 0 Å². The fraction of sp³-hybridized carbons (Fsp3) is 0.957. The second kappa shape index (κ2) is 52.8. The topological polar surface area (TPSA) is 307 Å². The molecule has 3 heterocycles. The van der Waals surface area contributed by atoms with E-state index in [1.807, 2.05) is 0 Å². The lowest BCUT2D eigenvalue weighted by Crippen LogP contribution is -2.66. The number of allylic oxidation sites excluding steroid dienone is 2. The van der Waals surface area contributed by atoms with Gasteiger partial charge in [0.15, 0.2) is 18.9 Å². The predicted molar refractivity (Wildman–Crippen MR) is 347 cm³/mol. The zero-order valence-electron chi connectivity index (χ0n) is 55.7. The Kier molecular flexibility index (Phi) is 48.5. The minimum absolute atomic E-state index is 0.248. The van der Waals surface area contributed by atoms with Crippen molar-refractivity contribution >= 4 is 5.91 Å². The number of ether oxygens (including phenoxy) is 6. The molecule has 89 heavy (non-hydrogen) atoms. The molecule has 0 radical (unpaired) electrons. The number of carbonyl (C=O) groups excluding carboxylic acids is 1. The highest BCUT2D eigenvalue weighted by Gasteiger charge is 2.53. The van der Waals surface area contributed by atoms with Gasteiger partial charge in [-0.15, -0.1) is 0 Å². The summed E-state index contributed by atoms with van der Waals surface area (Å²) in [5.41, 5.74) is 0. The SMILES string of the molecule is CCCCCCC/C=C\CCCCCCCC(=O)NC(COC1OC(CO)C(OC2OC(CO)C(OC3OC(CO)C(O)C(O)C3O)C(O)C2O)C(O)C1O)C(O)CCCCCCCCCCCCCCCCCCCCCCCCCCCCCCCC.